The molecule has 0 aliphatic rings. The molecule has 0 heterocycles. The molecule has 0 aromatic heterocycles. The van der Waals surface area contributed by atoms with E-state index in [1.165, 1.54) is 11.8 Å². The molecule has 110 valence electrons. The minimum absolute atomic E-state index is 0.0172. The van der Waals surface area contributed by atoms with Gasteiger partial charge < -0.3 is 15.3 Å². The Hall–Kier alpha value is -1.63. The van der Waals surface area contributed by atoms with Crippen molar-refractivity contribution in [1.82, 2.24) is 15.5 Å². The molecule has 0 saturated heterocycles. The predicted octanol–water partition coefficient (Wildman–Crippen LogP) is -0.578. The topological polar surface area (TPSA) is 98.7 Å². The number of carbonyl (C=O) groups is 3. The van der Waals surface area contributed by atoms with Crippen molar-refractivity contribution in [3.63, 3.8) is 0 Å². The van der Waals surface area contributed by atoms with E-state index in [2.05, 4.69) is 10.6 Å². The van der Waals surface area contributed by atoms with E-state index >= 15 is 0 Å². The third-order valence-corrected chi connectivity index (χ3v) is 2.45. The summed E-state index contributed by atoms with van der Waals surface area (Å²) in [6.45, 7) is 7.18. The number of likely N-dealkylation sites (N-methyl/N-ethyl adjacent to an activating group) is 1. The van der Waals surface area contributed by atoms with Gasteiger partial charge in [0.25, 0.3) is 0 Å². The average Bonchev–Trinajstić information content (AvgIpc) is 2.31. The van der Waals surface area contributed by atoms with Crippen molar-refractivity contribution in [2.24, 2.45) is 0 Å². The Labute approximate surface area is 113 Å². The van der Waals surface area contributed by atoms with Gasteiger partial charge in [0, 0.05) is 12.6 Å². The van der Waals surface area contributed by atoms with Crippen LogP contribution in [0.2, 0.25) is 0 Å². The van der Waals surface area contributed by atoms with Gasteiger partial charge in [-0.25, -0.2) is 0 Å². The maximum atomic E-state index is 11.8. The van der Waals surface area contributed by atoms with E-state index in [-0.39, 0.29) is 30.9 Å². The van der Waals surface area contributed by atoms with Gasteiger partial charge in [0.1, 0.15) is 6.04 Å². The number of hydrogen-bond donors (Lipinski definition) is 3. The second-order valence-electron chi connectivity index (χ2n) is 4.57. The lowest BCUT2D eigenvalue weighted by molar-refractivity contribution is -0.140. The van der Waals surface area contributed by atoms with E-state index in [9.17, 15) is 14.4 Å². The molecule has 1 atom stereocenters. The fourth-order valence-corrected chi connectivity index (χ4v) is 1.36. The second kappa shape index (κ2) is 8.47. The molecule has 0 aliphatic heterocycles. The molecule has 0 rings (SSSR count). The SMILES string of the molecule is CCN(CC(=O)NC(C)C)C(=O)CNC(C)C(=O)O. The molecular weight excluding hydrogens is 250 g/mol. The molecule has 0 fully saturated rings. The molecule has 19 heavy (non-hydrogen) atoms. The Morgan fingerprint density at radius 2 is 1.79 bits per heavy atom. The standard InChI is InChI=1S/C12H23N3O4/c1-5-15(7-10(16)14-8(2)3)11(17)6-13-9(4)12(18)19/h8-9,13H,5-7H2,1-4H3,(H,14,16)(H,18,19). The van der Waals surface area contributed by atoms with Crippen LogP contribution < -0.4 is 10.6 Å². The summed E-state index contributed by atoms with van der Waals surface area (Å²) in [5, 5.41) is 14.0. The summed E-state index contributed by atoms with van der Waals surface area (Å²) in [5.74, 6) is -1.54. The molecule has 0 aromatic carbocycles. The van der Waals surface area contributed by atoms with Crippen LogP contribution in [0.25, 0.3) is 0 Å². The lowest BCUT2D eigenvalue weighted by Gasteiger charge is -2.22. The minimum Gasteiger partial charge on any atom is -0.480 e. The van der Waals surface area contributed by atoms with Crippen LogP contribution >= 0.6 is 0 Å². The van der Waals surface area contributed by atoms with Gasteiger partial charge in [-0.2, -0.15) is 0 Å². The molecule has 3 N–H and O–H groups in total. The number of amides is 2. The highest BCUT2D eigenvalue weighted by Crippen LogP contribution is 1.91. The van der Waals surface area contributed by atoms with Crippen molar-refractivity contribution in [3.8, 4) is 0 Å². The normalized spacial score (nSPS) is 12.1. The third-order valence-electron chi connectivity index (χ3n) is 2.45. The van der Waals surface area contributed by atoms with Crippen molar-refractivity contribution in [3.05, 3.63) is 0 Å². The van der Waals surface area contributed by atoms with Crippen molar-refractivity contribution < 1.29 is 19.5 Å². The van der Waals surface area contributed by atoms with Crippen molar-refractivity contribution in [2.45, 2.75) is 39.8 Å². The summed E-state index contributed by atoms with van der Waals surface area (Å²) < 4.78 is 0. The summed E-state index contributed by atoms with van der Waals surface area (Å²) in [7, 11) is 0. The highest BCUT2D eigenvalue weighted by Gasteiger charge is 2.18. The molecule has 0 spiro atoms. The van der Waals surface area contributed by atoms with Crippen LogP contribution in [0, 0.1) is 0 Å². The summed E-state index contributed by atoms with van der Waals surface area (Å²) >= 11 is 0. The fraction of sp³-hybridized carbons (Fsp3) is 0.750. The third kappa shape index (κ3) is 7.40. The minimum atomic E-state index is -1.02. The zero-order valence-electron chi connectivity index (χ0n) is 11.9. The first kappa shape index (κ1) is 17.4. The number of aliphatic carboxylic acids is 1. The molecule has 0 aromatic rings. The molecule has 7 heteroatoms. The number of nitrogens with one attached hydrogen (secondary N) is 2. The lowest BCUT2D eigenvalue weighted by atomic mass is 10.3. The number of carbonyl (C=O) groups excluding carboxylic acids is 2. The van der Waals surface area contributed by atoms with E-state index < -0.39 is 12.0 Å². The lowest BCUT2D eigenvalue weighted by Crippen LogP contribution is -2.47. The summed E-state index contributed by atoms with van der Waals surface area (Å²) in [6.07, 6.45) is 0. The Kier molecular flexibility index (Phi) is 7.74. The number of hydrogen-bond acceptors (Lipinski definition) is 4. The molecule has 7 nitrogen and oxygen atoms in total. The Morgan fingerprint density at radius 3 is 2.21 bits per heavy atom. The highest BCUT2D eigenvalue weighted by molar-refractivity contribution is 5.86. The first-order valence-corrected chi connectivity index (χ1v) is 6.31. The van der Waals surface area contributed by atoms with Crippen LogP contribution in [0.4, 0.5) is 0 Å². The zero-order valence-corrected chi connectivity index (χ0v) is 11.9. The molecular formula is C12H23N3O4. The molecule has 0 aliphatic carbocycles. The monoisotopic (exact) mass is 273 g/mol. The Morgan fingerprint density at radius 1 is 1.21 bits per heavy atom. The molecule has 1 unspecified atom stereocenters. The van der Waals surface area contributed by atoms with E-state index in [0.717, 1.165) is 0 Å². The van der Waals surface area contributed by atoms with Crippen molar-refractivity contribution >= 4 is 17.8 Å². The smallest absolute Gasteiger partial charge is 0.320 e. The van der Waals surface area contributed by atoms with Crippen molar-refractivity contribution in [2.75, 3.05) is 19.6 Å². The van der Waals surface area contributed by atoms with Gasteiger partial charge in [-0.1, -0.05) is 0 Å². The van der Waals surface area contributed by atoms with E-state index in [0.29, 0.717) is 6.54 Å². The number of rotatable bonds is 8. The highest BCUT2D eigenvalue weighted by atomic mass is 16.4. The maximum absolute atomic E-state index is 11.8. The van der Waals surface area contributed by atoms with Gasteiger partial charge in [0.15, 0.2) is 0 Å². The van der Waals surface area contributed by atoms with Crippen LogP contribution in [0.1, 0.15) is 27.7 Å². The average molecular weight is 273 g/mol. The molecule has 0 saturated carbocycles. The summed E-state index contributed by atoms with van der Waals surface area (Å²) in [4.78, 5) is 35.3. The Balaban J connectivity index is 4.25. The van der Waals surface area contributed by atoms with Gasteiger partial charge in [0.2, 0.25) is 11.8 Å². The van der Waals surface area contributed by atoms with Gasteiger partial charge in [-0.05, 0) is 27.7 Å². The number of carboxylic acids is 1. The number of nitrogens with zero attached hydrogens (tertiary/aromatic N) is 1. The summed E-state index contributed by atoms with van der Waals surface area (Å²) in [6, 6.07) is -0.779. The van der Waals surface area contributed by atoms with Crippen LogP contribution in [-0.4, -0.2) is 59.5 Å². The largest absolute Gasteiger partial charge is 0.480 e. The fourth-order valence-electron chi connectivity index (χ4n) is 1.36. The predicted molar refractivity (Wildman–Crippen MR) is 70.6 cm³/mol. The molecule has 2 amide bonds. The maximum Gasteiger partial charge on any atom is 0.320 e. The second-order valence-corrected chi connectivity index (χ2v) is 4.57. The van der Waals surface area contributed by atoms with Crippen LogP contribution in [0.5, 0.6) is 0 Å². The van der Waals surface area contributed by atoms with Crippen LogP contribution in [0.15, 0.2) is 0 Å². The Bertz CT molecular complexity index is 331. The van der Waals surface area contributed by atoms with Gasteiger partial charge in [0.05, 0.1) is 13.1 Å². The molecule has 0 bridgehead atoms. The van der Waals surface area contributed by atoms with Crippen LogP contribution in [0.3, 0.4) is 0 Å². The zero-order chi connectivity index (χ0) is 15.0. The van der Waals surface area contributed by atoms with E-state index in [1.54, 1.807) is 6.92 Å². The van der Waals surface area contributed by atoms with Crippen LogP contribution in [-0.2, 0) is 14.4 Å². The van der Waals surface area contributed by atoms with Gasteiger partial charge in [-0.3, -0.25) is 19.7 Å². The van der Waals surface area contributed by atoms with Crippen molar-refractivity contribution in [1.29, 1.82) is 0 Å². The van der Waals surface area contributed by atoms with Gasteiger partial charge in [-0.15, -0.1) is 0 Å². The molecule has 0 radical (unpaired) electrons. The number of carboxylic acid groups (broad SMARTS) is 1. The van der Waals surface area contributed by atoms with E-state index in [1.807, 2.05) is 13.8 Å². The first-order valence-electron chi connectivity index (χ1n) is 6.31. The first-order chi connectivity index (χ1) is 8.77. The quantitative estimate of drug-likeness (QED) is 0.549. The summed E-state index contributed by atoms with van der Waals surface area (Å²) in [5.41, 5.74) is 0. The van der Waals surface area contributed by atoms with Gasteiger partial charge >= 0.3 is 5.97 Å². The van der Waals surface area contributed by atoms with E-state index in [4.69, 9.17) is 5.11 Å².